The summed E-state index contributed by atoms with van der Waals surface area (Å²) in [5.74, 6) is 0.867. The van der Waals surface area contributed by atoms with Crippen molar-refractivity contribution in [2.75, 3.05) is 0 Å². The number of rotatable bonds is 4. The molecule has 3 atom stereocenters. The van der Waals surface area contributed by atoms with Gasteiger partial charge in [-0.3, -0.25) is 0 Å². The van der Waals surface area contributed by atoms with Crippen molar-refractivity contribution in [1.29, 1.82) is 0 Å². The second-order valence-corrected chi connectivity index (χ2v) is 6.06. The van der Waals surface area contributed by atoms with Crippen LogP contribution in [-0.4, -0.2) is 15.8 Å². The molecule has 0 aliphatic heterocycles. The van der Waals surface area contributed by atoms with Crippen LogP contribution in [0.3, 0.4) is 0 Å². The lowest BCUT2D eigenvalue weighted by molar-refractivity contribution is 0.449. The van der Waals surface area contributed by atoms with E-state index in [1.807, 2.05) is 29.1 Å². The van der Waals surface area contributed by atoms with E-state index < -0.39 is 0 Å². The average molecular weight is 269 g/mol. The Balaban J connectivity index is 1.67. The fourth-order valence-electron chi connectivity index (χ4n) is 3.09. The third-order valence-electron chi connectivity index (χ3n) is 4.30. The van der Waals surface area contributed by atoms with Crippen LogP contribution in [0.4, 0.5) is 0 Å². The average Bonchev–Trinajstić information content (AvgIpc) is 3.09. The molecule has 0 amide bonds. The monoisotopic (exact) mass is 269 g/mol. The fourth-order valence-corrected chi connectivity index (χ4v) is 3.09. The first kappa shape index (κ1) is 13.4. The van der Waals surface area contributed by atoms with Crippen LogP contribution in [0.15, 0.2) is 42.7 Å². The standard InChI is InChI=1S/C17H23N3/c1-13-8-9-16(10-13)19-14(2)15-11-18-20(12-15)17-6-4-3-5-7-17/h3-7,11-14,16,19H,8-10H2,1-2H3. The highest BCUT2D eigenvalue weighted by molar-refractivity contribution is 5.31. The van der Waals surface area contributed by atoms with Crippen LogP contribution < -0.4 is 5.32 Å². The van der Waals surface area contributed by atoms with E-state index >= 15 is 0 Å². The van der Waals surface area contributed by atoms with E-state index in [0.29, 0.717) is 12.1 Å². The van der Waals surface area contributed by atoms with Crippen molar-refractivity contribution in [2.24, 2.45) is 5.92 Å². The minimum absolute atomic E-state index is 0.364. The molecule has 3 heteroatoms. The normalized spacial score (nSPS) is 23.9. The number of para-hydroxylation sites is 1. The lowest BCUT2D eigenvalue weighted by atomic mass is 10.1. The molecule has 1 heterocycles. The van der Waals surface area contributed by atoms with Gasteiger partial charge in [-0.2, -0.15) is 5.10 Å². The molecular weight excluding hydrogens is 246 g/mol. The minimum Gasteiger partial charge on any atom is -0.307 e. The Morgan fingerprint density at radius 3 is 2.75 bits per heavy atom. The highest BCUT2D eigenvalue weighted by Crippen LogP contribution is 2.27. The molecule has 1 fully saturated rings. The Kier molecular flexibility index (Phi) is 3.88. The van der Waals surface area contributed by atoms with Gasteiger partial charge in [0.05, 0.1) is 11.9 Å². The second kappa shape index (κ2) is 5.80. The summed E-state index contributed by atoms with van der Waals surface area (Å²) in [6.45, 7) is 4.58. The first-order chi connectivity index (χ1) is 9.72. The number of aromatic nitrogens is 2. The van der Waals surface area contributed by atoms with Crippen molar-refractivity contribution in [2.45, 2.75) is 45.2 Å². The van der Waals surface area contributed by atoms with Crippen molar-refractivity contribution in [3.63, 3.8) is 0 Å². The van der Waals surface area contributed by atoms with Crippen LogP contribution in [0.2, 0.25) is 0 Å². The van der Waals surface area contributed by atoms with E-state index in [1.54, 1.807) is 0 Å². The molecule has 1 N–H and O–H groups in total. The van der Waals surface area contributed by atoms with Gasteiger partial charge in [-0.05, 0) is 44.2 Å². The molecule has 1 aromatic carbocycles. The second-order valence-electron chi connectivity index (χ2n) is 6.06. The third kappa shape index (κ3) is 2.93. The number of benzene rings is 1. The molecule has 3 rings (SSSR count). The van der Waals surface area contributed by atoms with Crippen molar-refractivity contribution < 1.29 is 0 Å². The molecule has 1 saturated carbocycles. The number of nitrogens with zero attached hydrogens (tertiary/aromatic N) is 2. The van der Waals surface area contributed by atoms with Crippen molar-refractivity contribution >= 4 is 0 Å². The Hall–Kier alpha value is -1.61. The number of hydrogen-bond donors (Lipinski definition) is 1. The topological polar surface area (TPSA) is 29.9 Å². The molecule has 3 nitrogen and oxygen atoms in total. The van der Waals surface area contributed by atoms with E-state index in [4.69, 9.17) is 0 Å². The van der Waals surface area contributed by atoms with E-state index in [9.17, 15) is 0 Å². The smallest absolute Gasteiger partial charge is 0.0645 e. The summed E-state index contributed by atoms with van der Waals surface area (Å²) >= 11 is 0. The Bertz CT molecular complexity index is 546. The van der Waals surface area contributed by atoms with Gasteiger partial charge < -0.3 is 5.32 Å². The van der Waals surface area contributed by atoms with Crippen molar-refractivity contribution in [3.8, 4) is 5.69 Å². The van der Waals surface area contributed by atoms with Gasteiger partial charge in [0.15, 0.2) is 0 Å². The largest absolute Gasteiger partial charge is 0.307 e. The summed E-state index contributed by atoms with van der Waals surface area (Å²) in [4.78, 5) is 0. The van der Waals surface area contributed by atoms with Crippen LogP contribution in [-0.2, 0) is 0 Å². The lowest BCUT2D eigenvalue weighted by Crippen LogP contribution is -2.29. The minimum atomic E-state index is 0.364. The van der Waals surface area contributed by atoms with E-state index in [1.165, 1.54) is 24.8 Å². The molecule has 0 bridgehead atoms. The van der Waals surface area contributed by atoms with Crippen molar-refractivity contribution in [3.05, 3.63) is 48.3 Å². The summed E-state index contributed by atoms with van der Waals surface area (Å²) < 4.78 is 1.95. The number of nitrogens with one attached hydrogen (secondary N) is 1. The first-order valence-corrected chi connectivity index (χ1v) is 7.58. The maximum atomic E-state index is 4.47. The summed E-state index contributed by atoms with van der Waals surface area (Å²) in [5, 5.41) is 8.21. The van der Waals surface area contributed by atoms with Crippen LogP contribution >= 0.6 is 0 Å². The molecule has 20 heavy (non-hydrogen) atoms. The zero-order chi connectivity index (χ0) is 13.9. The lowest BCUT2D eigenvalue weighted by Gasteiger charge is -2.18. The van der Waals surface area contributed by atoms with Crippen LogP contribution in [0.25, 0.3) is 5.69 Å². The van der Waals surface area contributed by atoms with Gasteiger partial charge in [0, 0.05) is 23.8 Å². The van der Waals surface area contributed by atoms with E-state index in [-0.39, 0.29) is 0 Å². The third-order valence-corrected chi connectivity index (χ3v) is 4.30. The molecule has 0 radical (unpaired) electrons. The molecule has 0 saturated heterocycles. The highest BCUT2D eigenvalue weighted by Gasteiger charge is 2.23. The van der Waals surface area contributed by atoms with Gasteiger partial charge in [0.25, 0.3) is 0 Å². The predicted octanol–water partition coefficient (Wildman–Crippen LogP) is 3.71. The molecule has 106 valence electrons. The summed E-state index contributed by atoms with van der Waals surface area (Å²) in [7, 11) is 0. The van der Waals surface area contributed by atoms with Gasteiger partial charge in [0.2, 0.25) is 0 Å². The Morgan fingerprint density at radius 2 is 2.05 bits per heavy atom. The molecule has 1 aliphatic rings. The molecule has 1 aromatic heterocycles. The quantitative estimate of drug-likeness (QED) is 0.917. The molecule has 0 spiro atoms. The van der Waals surface area contributed by atoms with Crippen molar-refractivity contribution in [1.82, 2.24) is 15.1 Å². The summed E-state index contributed by atoms with van der Waals surface area (Å²) in [6, 6.07) is 11.3. The highest BCUT2D eigenvalue weighted by atomic mass is 15.3. The summed E-state index contributed by atoms with van der Waals surface area (Å²) in [5.41, 5.74) is 2.37. The van der Waals surface area contributed by atoms with Gasteiger partial charge in [-0.15, -0.1) is 0 Å². The number of hydrogen-bond acceptors (Lipinski definition) is 2. The van der Waals surface area contributed by atoms with Crippen LogP contribution in [0.5, 0.6) is 0 Å². The van der Waals surface area contributed by atoms with Gasteiger partial charge in [-0.25, -0.2) is 4.68 Å². The Morgan fingerprint density at radius 1 is 1.25 bits per heavy atom. The molecule has 2 aromatic rings. The van der Waals surface area contributed by atoms with Crippen LogP contribution in [0, 0.1) is 5.92 Å². The zero-order valence-corrected chi connectivity index (χ0v) is 12.3. The fraction of sp³-hybridized carbons (Fsp3) is 0.471. The maximum absolute atomic E-state index is 4.47. The van der Waals surface area contributed by atoms with Gasteiger partial charge in [0.1, 0.15) is 0 Å². The van der Waals surface area contributed by atoms with E-state index in [2.05, 4.69) is 42.6 Å². The Labute approximate surface area is 121 Å². The molecular formula is C17H23N3. The summed E-state index contributed by atoms with van der Waals surface area (Å²) in [6.07, 6.45) is 8.07. The van der Waals surface area contributed by atoms with Gasteiger partial charge in [-0.1, -0.05) is 25.1 Å². The molecule has 1 aliphatic carbocycles. The maximum Gasteiger partial charge on any atom is 0.0645 e. The first-order valence-electron chi connectivity index (χ1n) is 7.58. The molecule has 3 unspecified atom stereocenters. The SMILES string of the molecule is CC1CCC(NC(C)c2cnn(-c3ccccc3)c2)C1. The van der Waals surface area contributed by atoms with Crippen LogP contribution in [0.1, 0.15) is 44.7 Å². The predicted molar refractivity (Wildman–Crippen MR) is 81.9 cm³/mol. The zero-order valence-electron chi connectivity index (χ0n) is 12.3. The van der Waals surface area contributed by atoms with Gasteiger partial charge >= 0.3 is 0 Å². The van der Waals surface area contributed by atoms with E-state index in [0.717, 1.165) is 11.6 Å².